The Morgan fingerprint density at radius 3 is 2.74 bits per heavy atom. The van der Waals surface area contributed by atoms with Crippen LogP contribution in [0.15, 0.2) is 22.7 Å². The number of halogens is 1. The number of hydrogen-bond acceptors (Lipinski definition) is 3. The van der Waals surface area contributed by atoms with Crippen molar-refractivity contribution in [2.24, 2.45) is 11.7 Å². The third-order valence-corrected chi connectivity index (χ3v) is 4.21. The van der Waals surface area contributed by atoms with Crippen LogP contribution in [0.1, 0.15) is 18.4 Å². The van der Waals surface area contributed by atoms with Gasteiger partial charge in [-0.15, -0.1) is 0 Å². The number of nitrogen functional groups attached to an aromatic ring is 1. The molecule has 0 atom stereocenters. The molecule has 1 heterocycles. The molecule has 0 aliphatic carbocycles. The van der Waals surface area contributed by atoms with Crippen molar-refractivity contribution < 1.29 is 4.74 Å². The predicted molar refractivity (Wildman–Crippen MR) is 82.0 cm³/mol. The van der Waals surface area contributed by atoms with Gasteiger partial charge in [-0.1, -0.05) is 0 Å². The quantitative estimate of drug-likeness (QED) is 0.660. The summed E-state index contributed by atoms with van der Waals surface area (Å²) >= 11 is 3.47. The van der Waals surface area contributed by atoms with E-state index in [0.29, 0.717) is 5.92 Å². The zero-order valence-electron chi connectivity index (χ0n) is 11.2. The highest BCUT2D eigenvalue weighted by atomic mass is 79.9. The van der Waals surface area contributed by atoms with Crippen molar-refractivity contribution in [1.82, 2.24) is 0 Å². The minimum Gasteiger partial charge on any atom is -0.384 e. The lowest BCUT2D eigenvalue weighted by molar-refractivity contribution is 0.0685. The number of anilines is 1. The molecule has 19 heavy (non-hydrogen) atoms. The fourth-order valence-corrected chi connectivity index (χ4v) is 2.96. The Kier molecular flexibility index (Phi) is 4.82. The van der Waals surface area contributed by atoms with Gasteiger partial charge in [-0.3, -0.25) is 5.41 Å². The predicted octanol–water partition coefficient (Wildman–Crippen LogP) is 2.60. The molecule has 0 aromatic heterocycles. The van der Waals surface area contributed by atoms with Gasteiger partial charge < -0.3 is 15.4 Å². The van der Waals surface area contributed by atoms with Crippen molar-refractivity contribution in [2.75, 3.05) is 31.7 Å². The Bertz CT molecular complexity index is 458. The van der Waals surface area contributed by atoms with E-state index < -0.39 is 0 Å². The first-order valence-electron chi connectivity index (χ1n) is 6.50. The molecule has 1 saturated heterocycles. The van der Waals surface area contributed by atoms with Gasteiger partial charge in [-0.05, 0) is 52.9 Å². The maximum Gasteiger partial charge on any atom is 0.123 e. The molecule has 2 rings (SSSR count). The molecule has 104 valence electrons. The van der Waals surface area contributed by atoms with Crippen molar-refractivity contribution in [3.05, 3.63) is 28.2 Å². The monoisotopic (exact) mass is 325 g/mol. The van der Waals surface area contributed by atoms with Crippen LogP contribution in [-0.4, -0.2) is 32.6 Å². The van der Waals surface area contributed by atoms with E-state index in [1.165, 1.54) is 0 Å². The van der Waals surface area contributed by atoms with E-state index in [4.69, 9.17) is 15.9 Å². The van der Waals surface area contributed by atoms with E-state index in [9.17, 15) is 0 Å². The van der Waals surface area contributed by atoms with Gasteiger partial charge in [0.05, 0.1) is 0 Å². The van der Waals surface area contributed by atoms with Crippen LogP contribution in [0.4, 0.5) is 5.69 Å². The average molecular weight is 326 g/mol. The van der Waals surface area contributed by atoms with Gasteiger partial charge in [0.25, 0.3) is 0 Å². The third-order valence-electron chi connectivity index (χ3n) is 3.56. The molecule has 1 aliphatic heterocycles. The van der Waals surface area contributed by atoms with E-state index in [2.05, 4.69) is 27.9 Å². The highest BCUT2D eigenvalue weighted by Gasteiger charge is 2.16. The fourth-order valence-electron chi connectivity index (χ4n) is 2.38. The van der Waals surface area contributed by atoms with Gasteiger partial charge >= 0.3 is 0 Å². The Morgan fingerprint density at radius 1 is 1.47 bits per heavy atom. The Balaban J connectivity index is 2.04. The summed E-state index contributed by atoms with van der Waals surface area (Å²) in [6.45, 7) is 2.80. The number of amidine groups is 1. The van der Waals surface area contributed by atoms with E-state index in [1.807, 2.05) is 18.2 Å². The second kappa shape index (κ2) is 6.39. The summed E-state index contributed by atoms with van der Waals surface area (Å²) in [4.78, 5) is 2.25. The molecule has 3 N–H and O–H groups in total. The number of nitrogens with two attached hydrogens (primary N) is 1. The zero-order valence-corrected chi connectivity index (χ0v) is 12.7. The molecule has 0 saturated carbocycles. The lowest BCUT2D eigenvalue weighted by atomic mass is 9.99. The van der Waals surface area contributed by atoms with Gasteiger partial charge in [0.15, 0.2) is 0 Å². The van der Waals surface area contributed by atoms with Crippen LogP contribution in [0.3, 0.4) is 0 Å². The van der Waals surface area contributed by atoms with Gasteiger partial charge in [-0.25, -0.2) is 0 Å². The van der Waals surface area contributed by atoms with Gasteiger partial charge in [0.1, 0.15) is 5.84 Å². The van der Waals surface area contributed by atoms with Crippen molar-refractivity contribution in [3.63, 3.8) is 0 Å². The van der Waals surface area contributed by atoms with Crippen LogP contribution in [0, 0.1) is 11.3 Å². The molecule has 4 nitrogen and oxygen atoms in total. The number of ether oxygens (including phenoxy) is 1. The molecule has 1 aromatic carbocycles. The number of nitrogens with one attached hydrogen (secondary N) is 1. The van der Waals surface area contributed by atoms with Crippen molar-refractivity contribution in [1.29, 1.82) is 5.41 Å². The first-order valence-corrected chi connectivity index (χ1v) is 7.30. The maximum atomic E-state index is 7.48. The Labute approximate surface area is 122 Å². The van der Waals surface area contributed by atoms with E-state index in [-0.39, 0.29) is 5.84 Å². The minimum absolute atomic E-state index is 0.0884. The summed E-state index contributed by atoms with van der Waals surface area (Å²) in [5.74, 6) is 0.788. The standard InChI is InChI=1S/C14H20BrN3O/c1-18(9-10-4-6-19-7-5-10)11-2-3-12(14(16)17)13(15)8-11/h2-3,8,10H,4-7,9H2,1H3,(H3,16,17). The van der Waals surface area contributed by atoms with Gasteiger partial charge in [-0.2, -0.15) is 0 Å². The first-order chi connectivity index (χ1) is 9.08. The number of nitrogens with zero attached hydrogens (tertiary/aromatic N) is 1. The largest absolute Gasteiger partial charge is 0.384 e. The lowest BCUT2D eigenvalue weighted by Gasteiger charge is -2.28. The lowest BCUT2D eigenvalue weighted by Crippen LogP contribution is -2.29. The number of rotatable bonds is 4. The van der Waals surface area contributed by atoms with E-state index in [0.717, 1.165) is 48.3 Å². The second-order valence-corrected chi connectivity index (χ2v) is 5.87. The molecule has 1 fully saturated rings. The van der Waals surface area contributed by atoms with Crippen molar-refractivity contribution in [2.45, 2.75) is 12.8 Å². The average Bonchev–Trinajstić information content (AvgIpc) is 2.39. The van der Waals surface area contributed by atoms with Crippen LogP contribution >= 0.6 is 15.9 Å². The molecule has 0 spiro atoms. The third kappa shape index (κ3) is 3.70. The first kappa shape index (κ1) is 14.3. The van der Waals surface area contributed by atoms with Gasteiger partial charge in [0.2, 0.25) is 0 Å². The van der Waals surface area contributed by atoms with Crippen LogP contribution in [-0.2, 0) is 4.74 Å². The van der Waals surface area contributed by atoms with Crippen molar-refractivity contribution in [3.8, 4) is 0 Å². The van der Waals surface area contributed by atoms with Crippen LogP contribution in [0.5, 0.6) is 0 Å². The second-order valence-electron chi connectivity index (χ2n) is 5.01. The Morgan fingerprint density at radius 2 is 2.16 bits per heavy atom. The zero-order chi connectivity index (χ0) is 13.8. The molecule has 1 aliphatic rings. The maximum absolute atomic E-state index is 7.48. The minimum atomic E-state index is 0.0884. The van der Waals surface area contributed by atoms with Crippen molar-refractivity contribution >= 4 is 27.5 Å². The SMILES string of the molecule is CN(CC1CCOCC1)c1ccc(C(=N)N)c(Br)c1. The summed E-state index contributed by atoms with van der Waals surface area (Å²) in [6, 6.07) is 5.93. The number of hydrogen-bond donors (Lipinski definition) is 2. The van der Waals surface area contributed by atoms with Crippen LogP contribution < -0.4 is 10.6 Å². The molecule has 0 radical (unpaired) electrons. The smallest absolute Gasteiger partial charge is 0.123 e. The van der Waals surface area contributed by atoms with Crippen LogP contribution in [0.25, 0.3) is 0 Å². The summed E-state index contributed by atoms with van der Waals surface area (Å²) in [6.07, 6.45) is 2.27. The summed E-state index contributed by atoms with van der Waals surface area (Å²) in [5.41, 5.74) is 7.40. The molecular formula is C14H20BrN3O. The Hall–Kier alpha value is -1.07. The summed E-state index contributed by atoms with van der Waals surface area (Å²) in [7, 11) is 2.10. The normalized spacial score (nSPS) is 16.3. The fraction of sp³-hybridized carbons (Fsp3) is 0.500. The number of benzene rings is 1. The molecule has 0 unspecified atom stereocenters. The van der Waals surface area contributed by atoms with Gasteiger partial charge in [0, 0.05) is 42.5 Å². The van der Waals surface area contributed by atoms with E-state index >= 15 is 0 Å². The highest BCUT2D eigenvalue weighted by Crippen LogP contribution is 2.25. The summed E-state index contributed by atoms with van der Waals surface area (Å²) < 4.78 is 6.26. The molecule has 1 aromatic rings. The summed E-state index contributed by atoms with van der Waals surface area (Å²) in [5, 5.41) is 7.48. The molecule has 5 heteroatoms. The topological polar surface area (TPSA) is 62.3 Å². The molecular weight excluding hydrogens is 306 g/mol. The highest BCUT2D eigenvalue weighted by molar-refractivity contribution is 9.10. The molecule has 0 bridgehead atoms. The van der Waals surface area contributed by atoms with Crippen LogP contribution in [0.2, 0.25) is 0 Å². The van der Waals surface area contributed by atoms with E-state index in [1.54, 1.807) is 0 Å². The molecule has 0 amide bonds.